The molecule has 10 heteroatoms. The zero-order chi connectivity index (χ0) is 44.5. The lowest BCUT2D eigenvalue weighted by atomic mass is 9.77. The predicted octanol–water partition coefficient (Wildman–Crippen LogP) is 13.5. The Bertz CT molecular complexity index is 1970. The normalized spacial score (nSPS) is 27.1. The lowest BCUT2D eigenvalue weighted by Gasteiger charge is -2.29. The Morgan fingerprint density at radius 1 is 0.508 bits per heavy atom. The van der Waals surface area contributed by atoms with Crippen LogP contribution in [0.25, 0.3) is 0 Å². The molecule has 9 atom stereocenters. The number of unbranched alkanes of at least 4 members (excludes halogenated alkanes) is 2. The molecule has 3 saturated carbocycles. The van der Waals surface area contributed by atoms with Crippen molar-refractivity contribution in [3.63, 3.8) is 0 Å². The summed E-state index contributed by atoms with van der Waals surface area (Å²) in [5.41, 5.74) is 2.99. The number of allylic oxidation sites excluding steroid dienone is 4. The molecule has 7 nitrogen and oxygen atoms in total. The molecule has 3 aromatic rings. The van der Waals surface area contributed by atoms with Gasteiger partial charge < -0.3 is 33.2 Å². The molecule has 3 fully saturated rings. The highest BCUT2D eigenvalue weighted by Crippen LogP contribution is 2.52. The molecule has 5 unspecified atom stereocenters. The summed E-state index contributed by atoms with van der Waals surface area (Å²) in [6, 6.07) is 11.0. The third-order valence-electron chi connectivity index (χ3n) is 13.6. The van der Waals surface area contributed by atoms with Crippen molar-refractivity contribution < 1.29 is 46.4 Å². The Kier molecular flexibility index (Phi) is 16.1. The fraction of sp³-hybridized carbons (Fsp3) is 0.566. The van der Waals surface area contributed by atoms with Gasteiger partial charge in [-0.05, 0) is 121 Å². The van der Waals surface area contributed by atoms with Crippen molar-refractivity contribution in [2.75, 3.05) is 19.8 Å². The molecular formula is C53H67F3O7. The van der Waals surface area contributed by atoms with Crippen molar-refractivity contribution in [1.29, 1.82) is 0 Å². The minimum Gasteiger partial charge on any atom is -0.491 e. The van der Waals surface area contributed by atoms with Crippen molar-refractivity contribution in [2.45, 2.75) is 154 Å². The molecule has 0 amide bonds. The lowest BCUT2D eigenvalue weighted by molar-refractivity contribution is -0.112. The number of aldehydes is 1. The Labute approximate surface area is 372 Å². The molecule has 342 valence electrons. The Balaban J connectivity index is 0.000000142. The van der Waals surface area contributed by atoms with Gasteiger partial charge in [-0.25, -0.2) is 0 Å². The van der Waals surface area contributed by atoms with Crippen LogP contribution in [0.3, 0.4) is 0 Å². The number of carbonyl (C=O) groups is 1. The van der Waals surface area contributed by atoms with E-state index in [9.17, 15) is 18.0 Å². The monoisotopic (exact) mass is 872 g/mol. The largest absolute Gasteiger partial charge is 0.491 e. The minimum absolute atomic E-state index is 0.0463. The second-order valence-electron chi connectivity index (χ2n) is 17.8. The van der Waals surface area contributed by atoms with Gasteiger partial charge in [-0.3, -0.25) is 0 Å². The number of carbonyl (C=O) groups excluding carboxylic acids is 1. The van der Waals surface area contributed by atoms with Gasteiger partial charge in [-0.2, -0.15) is 13.2 Å². The molecule has 0 radical (unpaired) electrons. The van der Waals surface area contributed by atoms with Gasteiger partial charge >= 0.3 is 0 Å². The highest BCUT2D eigenvalue weighted by molar-refractivity contribution is 5.55. The zero-order valence-electron chi connectivity index (χ0n) is 37.9. The lowest BCUT2D eigenvalue weighted by Crippen LogP contribution is -2.28. The summed E-state index contributed by atoms with van der Waals surface area (Å²) >= 11 is 0. The van der Waals surface area contributed by atoms with Crippen molar-refractivity contribution in [2.24, 2.45) is 17.8 Å². The van der Waals surface area contributed by atoms with E-state index in [0.29, 0.717) is 78.7 Å². The fourth-order valence-electron chi connectivity index (χ4n) is 10.5. The topological polar surface area (TPSA) is 72.5 Å². The van der Waals surface area contributed by atoms with E-state index in [1.165, 1.54) is 25.7 Å². The molecular weight excluding hydrogens is 806 g/mol. The summed E-state index contributed by atoms with van der Waals surface area (Å²) in [5.74, 6) is 3.06. The number of rotatable bonds is 13. The average Bonchev–Trinajstić information content (AvgIpc) is 3.99. The first-order valence-corrected chi connectivity index (χ1v) is 23.9. The quantitative estimate of drug-likeness (QED) is 0.125. The van der Waals surface area contributed by atoms with Gasteiger partial charge in [0, 0.05) is 40.4 Å². The Hall–Kier alpha value is -4.60. The maximum Gasteiger partial charge on any atom is 0.207 e. The average molecular weight is 873 g/mol. The fourth-order valence-corrected chi connectivity index (χ4v) is 10.5. The number of halogens is 3. The molecule has 0 spiro atoms. The van der Waals surface area contributed by atoms with Gasteiger partial charge in [0.25, 0.3) is 0 Å². The van der Waals surface area contributed by atoms with Gasteiger partial charge in [-0.1, -0.05) is 69.2 Å². The van der Waals surface area contributed by atoms with E-state index in [2.05, 4.69) is 38.2 Å². The van der Waals surface area contributed by atoms with Crippen LogP contribution in [-0.2, 0) is 4.79 Å². The van der Waals surface area contributed by atoms with Crippen molar-refractivity contribution in [3.05, 3.63) is 94.8 Å². The van der Waals surface area contributed by atoms with Crippen LogP contribution >= 0.6 is 0 Å². The summed E-state index contributed by atoms with van der Waals surface area (Å²) in [6.07, 6.45) is 23.9. The third-order valence-corrected chi connectivity index (χ3v) is 13.6. The van der Waals surface area contributed by atoms with Crippen LogP contribution in [0.15, 0.2) is 60.7 Å². The number of hydrogen-bond acceptors (Lipinski definition) is 7. The van der Waals surface area contributed by atoms with Crippen LogP contribution in [0, 0.1) is 35.2 Å². The minimum atomic E-state index is -0.406. The molecule has 3 aliphatic carbocycles. The summed E-state index contributed by atoms with van der Waals surface area (Å²) in [5, 5.41) is 0. The van der Waals surface area contributed by atoms with Gasteiger partial charge in [0.1, 0.15) is 24.6 Å². The van der Waals surface area contributed by atoms with Gasteiger partial charge in [0.2, 0.25) is 17.5 Å². The van der Waals surface area contributed by atoms with E-state index >= 15 is 0 Å². The number of hydrogen-bond donors (Lipinski definition) is 0. The first kappa shape index (κ1) is 46.4. The van der Waals surface area contributed by atoms with Crippen LogP contribution in [0.4, 0.5) is 13.2 Å². The van der Waals surface area contributed by atoms with Crippen molar-refractivity contribution in [3.8, 4) is 34.5 Å². The number of benzene rings is 3. The van der Waals surface area contributed by atoms with Crippen LogP contribution in [0.1, 0.15) is 153 Å². The summed E-state index contributed by atoms with van der Waals surface area (Å²) in [7, 11) is 0. The van der Waals surface area contributed by atoms with E-state index in [-0.39, 0.29) is 47.5 Å². The first-order chi connectivity index (χ1) is 30.7. The zero-order valence-corrected chi connectivity index (χ0v) is 37.9. The maximum atomic E-state index is 14.5. The van der Waals surface area contributed by atoms with Crippen LogP contribution < -0.4 is 28.4 Å². The summed E-state index contributed by atoms with van der Waals surface area (Å²) < 4.78 is 76.8. The van der Waals surface area contributed by atoms with Crippen LogP contribution in [0.2, 0.25) is 0 Å². The van der Waals surface area contributed by atoms with Crippen molar-refractivity contribution >= 4 is 6.29 Å². The number of fused-ring (bicyclic) bond motifs is 9. The highest BCUT2D eigenvalue weighted by Gasteiger charge is 2.43. The SMILES string of the molecule is CCC/C=C/C1CC[C@H]2c3ccc(OCC)c(F)c3O[C@@H]2C1.CCC/C=C\C1CC[C@H]2c3ccc(OCC)c(F)c3OC2C1.CCOc1ccc2c(c1F)OC1CC(C=O)CC[C@@H]21. The van der Waals surface area contributed by atoms with Gasteiger partial charge in [-0.15, -0.1) is 0 Å². The first-order valence-electron chi connectivity index (χ1n) is 23.9. The predicted molar refractivity (Wildman–Crippen MR) is 240 cm³/mol. The molecule has 3 heterocycles. The molecule has 63 heavy (non-hydrogen) atoms. The van der Waals surface area contributed by atoms with E-state index in [1.807, 2.05) is 39.0 Å². The molecule has 6 aliphatic rings. The smallest absolute Gasteiger partial charge is 0.207 e. The Morgan fingerprint density at radius 3 is 1.16 bits per heavy atom. The standard InChI is InChI=1S/2C19H25FO2.C15H17FO3/c2*1-3-5-6-7-13-8-9-14-15-10-11-16(21-4-2)18(20)19(15)22-17(14)12-13;1-2-18-12-6-5-11-10-4-3-9(8-17)7-13(10)19-15(11)14(12)16/h2*6-7,10-11,13-14,17H,3-5,8-9,12H2,1-2H3;5-6,8-10,13H,2-4,7H2,1H3/b7-6+;7-6-;/t13?,14-,17+;13?,14-,17?;9?,10-,13?/m000/s1. The van der Waals surface area contributed by atoms with E-state index in [0.717, 1.165) is 74.3 Å². The van der Waals surface area contributed by atoms with Crippen LogP contribution in [-0.4, -0.2) is 44.4 Å². The van der Waals surface area contributed by atoms with Crippen LogP contribution in [0.5, 0.6) is 34.5 Å². The summed E-state index contributed by atoms with van der Waals surface area (Å²) in [4.78, 5) is 10.9. The van der Waals surface area contributed by atoms with Gasteiger partial charge in [0.15, 0.2) is 34.5 Å². The van der Waals surface area contributed by atoms with E-state index in [4.69, 9.17) is 28.4 Å². The molecule has 0 aromatic heterocycles. The number of ether oxygens (including phenoxy) is 6. The summed E-state index contributed by atoms with van der Waals surface area (Å²) in [6.45, 7) is 11.3. The molecule has 0 saturated heterocycles. The molecule has 3 aromatic carbocycles. The molecule has 3 aliphatic heterocycles. The molecule has 9 rings (SSSR count). The van der Waals surface area contributed by atoms with Crippen molar-refractivity contribution in [1.82, 2.24) is 0 Å². The van der Waals surface area contributed by atoms with E-state index in [1.54, 1.807) is 18.2 Å². The third kappa shape index (κ3) is 10.4. The van der Waals surface area contributed by atoms with E-state index < -0.39 is 5.82 Å². The molecule has 0 bridgehead atoms. The maximum absolute atomic E-state index is 14.5. The molecule has 0 N–H and O–H groups in total. The second-order valence-corrected chi connectivity index (χ2v) is 17.8. The van der Waals surface area contributed by atoms with Gasteiger partial charge in [0.05, 0.1) is 19.8 Å². The second kappa shape index (κ2) is 21.9. The highest BCUT2D eigenvalue weighted by atomic mass is 19.1. The Morgan fingerprint density at radius 2 is 0.841 bits per heavy atom.